The summed E-state index contributed by atoms with van der Waals surface area (Å²) >= 11 is 5.69. The summed E-state index contributed by atoms with van der Waals surface area (Å²) in [6.07, 6.45) is 1.93. The lowest BCUT2D eigenvalue weighted by molar-refractivity contribution is 0.0954. The van der Waals surface area contributed by atoms with Crippen molar-refractivity contribution in [3.63, 3.8) is 0 Å². The number of nitrogens with two attached hydrogens (primary N) is 1. The van der Waals surface area contributed by atoms with E-state index in [1.807, 2.05) is 0 Å². The molecule has 1 rings (SSSR count). The van der Waals surface area contributed by atoms with Crippen molar-refractivity contribution >= 4 is 17.4 Å². The first-order valence-corrected chi connectivity index (χ1v) is 7.32. The molecule has 0 aliphatic carbocycles. The van der Waals surface area contributed by atoms with Gasteiger partial charge in [-0.25, -0.2) is 4.39 Å². The highest BCUT2D eigenvalue weighted by atomic mass is 35.5. The topological polar surface area (TPSA) is 43.1 Å². The molecule has 1 aromatic carbocycles. The van der Waals surface area contributed by atoms with Gasteiger partial charge in [0.1, 0.15) is 5.82 Å². The zero-order valence-electron chi connectivity index (χ0n) is 12.4. The Balaban J connectivity index is 2.70. The number of carbonyl (C=O) groups is 1. The summed E-state index contributed by atoms with van der Waals surface area (Å²) in [5, 5.41) is 0.301. The van der Waals surface area contributed by atoms with Gasteiger partial charge in [0.2, 0.25) is 0 Å². The maximum atomic E-state index is 13.7. The highest BCUT2D eigenvalue weighted by molar-refractivity contribution is 6.30. The minimum absolute atomic E-state index is 0.0954. The van der Waals surface area contributed by atoms with Gasteiger partial charge in [0, 0.05) is 11.4 Å². The molecule has 0 spiro atoms. The molecular formula is C16H23ClFNO. The van der Waals surface area contributed by atoms with Gasteiger partial charge in [-0.3, -0.25) is 4.79 Å². The predicted octanol–water partition coefficient (Wildman–Crippen LogP) is 4.45. The monoisotopic (exact) mass is 299 g/mol. The van der Waals surface area contributed by atoms with Crippen LogP contribution < -0.4 is 5.73 Å². The molecule has 0 aromatic heterocycles. The standard InChI is InChI=1S/C16H23ClFNO/c1-16(2,3)11(8-9-19)4-7-15(20)13-6-5-12(17)10-14(13)18/h5-6,10-11H,4,7-9,19H2,1-3H3. The number of carbonyl (C=O) groups excluding carboxylic acids is 1. The molecule has 0 aliphatic rings. The second kappa shape index (κ2) is 7.19. The van der Waals surface area contributed by atoms with Crippen LogP contribution in [-0.2, 0) is 0 Å². The Morgan fingerprint density at radius 2 is 2.00 bits per heavy atom. The number of hydrogen-bond donors (Lipinski definition) is 1. The van der Waals surface area contributed by atoms with Crippen molar-refractivity contribution < 1.29 is 9.18 Å². The largest absolute Gasteiger partial charge is 0.330 e. The van der Waals surface area contributed by atoms with Crippen LogP contribution in [0.15, 0.2) is 18.2 Å². The molecule has 0 amide bonds. The first kappa shape index (κ1) is 17.1. The molecule has 1 atom stereocenters. The Hall–Kier alpha value is -0.930. The van der Waals surface area contributed by atoms with E-state index in [1.165, 1.54) is 12.1 Å². The maximum absolute atomic E-state index is 13.7. The van der Waals surface area contributed by atoms with E-state index < -0.39 is 5.82 Å². The van der Waals surface area contributed by atoms with Gasteiger partial charge in [0.15, 0.2) is 5.78 Å². The Morgan fingerprint density at radius 1 is 1.35 bits per heavy atom. The lowest BCUT2D eigenvalue weighted by Gasteiger charge is -2.30. The van der Waals surface area contributed by atoms with Crippen LogP contribution >= 0.6 is 11.6 Å². The summed E-state index contributed by atoms with van der Waals surface area (Å²) in [7, 11) is 0. The highest BCUT2D eigenvalue weighted by Crippen LogP contribution is 2.32. The molecule has 0 heterocycles. The van der Waals surface area contributed by atoms with Crippen molar-refractivity contribution in [2.24, 2.45) is 17.1 Å². The molecule has 2 N–H and O–H groups in total. The Morgan fingerprint density at radius 3 is 2.50 bits per heavy atom. The van der Waals surface area contributed by atoms with Crippen molar-refractivity contribution in [2.75, 3.05) is 6.54 Å². The summed E-state index contributed by atoms with van der Waals surface area (Å²) in [5.41, 5.74) is 5.84. The molecule has 4 heteroatoms. The van der Waals surface area contributed by atoms with Crippen molar-refractivity contribution in [2.45, 2.75) is 40.0 Å². The van der Waals surface area contributed by atoms with E-state index in [0.717, 1.165) is 12.8 Å². The fourth-order valence-corrected chi connectivity index (χ4v) is 2.53. The maximum Gasteiger partial charge on any atom is 0.165 e. The third-order valence-corrected chi connectivity index (χ3v) is 3.93. The van der Waals surface area contributed by atoms with Gasteiger partial charge < -0.3 is 5.73 Å². The summed E-state index contributed by atoms with van der Waals surface area (Å²) in [6, 6.07) is 4.17. The lowest BCUT2D eigenvalue weighted by atomic mass is 9.76. The van der Waals surface area contributed by atoms with Crippen LogP contribution in [0.1, 0.15) is 50.4 Å². The molecule has 2 nitrogen and oxygen atoms in total. The number of rotatable bonds is 6. The second-order valence-corrected chi connectivity index (χ2v) is 6.66. The van der Waals surface area contributed by atoms with E-state index in [1.54, 1.807) is 6.07 Å². The van der Waals surface area contributed by atoms with Gasteiger partial charge in [0.25, 0.3) is 0 Å². The molecule has 112 valence electrons. The van der Waals surface area contributed by atoms with E-state index in [9.17, 15) is 9.18 Å². The normalized spacial score (nSPS) is 13.3. The third-order valence-electron chi connectivity index (χ3n) is 3.69. The average Bonchev–Trinajstić information content (AvgIpc) is 2.32. The molecule has 0 aliphatic heterocycles. The van der Waals surface area contributed by atoms with Gasteiger partial charge >= 0.3 is 0 Å². The fraction of sp³-hybridized carbons (Fsp3) is 0.562. The Kier molecular flexibility index (Phi) is 6.15. The Bertz CT molecular complexity index is 468. The molecule has 0 saturated carbocycles. The first-order chi connectivity index (χ1) is 9.25. The van der Waals surface area contributed by atoms with Crippen LogP contribution in [0.3, 0.4) is 0 Å². The zero-order valence-corrected chi connectivity index (χ0v) is 13.1. The van der Waals surface area contributed by atoms with Gasteiger partial charge in [-0.2, -0.15) is 0 Å². The molecular weight excluding hydrogens is 277 g/mol. The second-order valence-electron chi connectivity index (χ2n) is 6.23. The Labute approximate surface area is 125 Å². The molecule has 1 aromatic rings. The van der Waals surface area contributed by atoms with Gasteiger partial charge in [-0.1, -0.05) is 32.4 Å². The molecule has 1 unspecified atom stereocenters. The van der Waals surface area contributed by atoms with Gasteiger partial charge in [0.05, 0.1) is 5.56 Å². The highest BCUT2D eigenvalue weighted by Gasteiger charge is 2.25. The van der Waals surface area contributed by atoms with E-state index in [2.05, 4.69) is 20.8 Å². The molecule has 0 radical (unpaired) electrons. The quantitative estimate of drug-likeness (QED) is 0.788. The van der Waals surface area contributed by atoms with E-state index in [0.29, 0.717) is 23.9 Å². The number of hydrogen-bond acceptors (Lipinski definition) is 2. The SMILES string of the molecule is CC(C)(C)C(CCN)CCC(=O)c1ccc(Cl)cc1F. The lowest BCUT2D eigenvalue weighted by Crippen LogP contribution is -2.24. The minimum Gasteiger partial charge on any atom is -0.330 e. The number of ketones is 1. The summed E-state index contributed by atoms with van der Waals surface area (Å²) in [4.78, 5) is 12.1. The predicted molar refractivity (Wildman–Crippen MR) is 81.6 cm³/mol. The average molecular weight is 300 g/mol. The van der Waals surface area contributed by atoms with E-state index in [-0.39, 0.29) is 16.8 Å². The van der Waals surface area contributed by atoms with Gasteiger partial charge in [-0.15, -0.1) is 0 Å². The summed E-state index contributed by atoms with van der Waals surface area (Å²) in [5.74, 6) is -0.370. The van der Waals surface area contributed by atoms with E-state index in [4.69, 9.17) is 17.3 Å². The van der Waals surface area contributed by atoms with Crippen LogP contribution in [0, 0.1) is 17.2 Å². The van der Waals surface area contributed by atoms with Crippen molar-refractivity contribution in [1.29, 1.82) is 0 Å². The molecule has 0 fully saturated rings. The molecule has 20 heavy (non-hydrogen) atoms. The minimum atomic E-state index is -0.548. The van der Waals surface area contributed by atoms with Crippen molar-refractivity contribution in [3.05, 3.63) is 34.6 Å². The van der Waals surface area contributed by atoms with Crippen LogP contribution in [0.25, 0.3) is 0 Å². The van der Waals surface area contributed by atoms with Crippen molar-refractivity contribution in [1.82, 2.24) is 0 Å². The van der Waals surface area contributed by atoms with Crippen molar-refractivity contribution in [3.8, 4) is 0 Å². The van der Waals surface area contributed by atoms with Crippen LogP contribution in [-0.4, -0.2) is 12.3 Å². The van der Waals surface area contributed by atoms with Gasteiger partial charge in [-0.05, 0) is 48.9 Å². The van der Waals surface area contributed by atoms with Crippen LogP contribution in [0.5, 0.6) is 0 Å². The number of benzene rings is 1. The third kappa shape index (κ3) is 4.88. The van der Waals surface area contributed by atoms with E-state index >= 15 is 0 Å². The zero-order chi connectivity index (χ0) is 15.3. The molecule has 0 bridgehead atoms. The summed E-state index contributed by atoms with van der Waals surface area (Å²) in [6.45, 7) is 7.02. The number of halogens is 2. The van der Waals surface area contributed by atoms with Crippen LogP contribution in [0.4, 0.5) is 4.39 Å². The summed E-state index contributed by atoms with van der Waals surface area (Å²) < 4.78 is 13.7. The molecule has 0 saturated heterocycles. The van der Waals surface area contributed by atoms with Crippen LogP contribution in [0.2, 0.25) is 5.02 Å². The smallest absolute Gasteiger partial charge is 0.165 e. The first-order valence-electron chi connectivity index (χ1n) is 6.94. The number of Topliss-reactive ketones (excluding diaryl/α,β-unsaturated/α-hetero) is 1. The fourth-order valence-electron chi connectivity index (χ4n) is 2.37.